The summed E-state index contributed by atoms with van der Waals surface area (Å²) < 4.78 is 20.0. The highest BCUT2D eigenvalue weighted by Gasteiger charge is 2.38. The second-order valence-corrected chi connectivity index (χ2v) is 6.47. The highest BCUT2D eigenvalue weighted by molar-refractivity contribution is 9.10. The number of hydrogen-bond donors (Lipinski definition) is 2. The lowest BCUT2D eigenvalue weighted by Gasteiger charge is -2.39. The van der Waals surface area contributed by atoms with Crippen molar-refractivity contribution < 1.29 is 14.2 Å². The lowest BCUT2D eigenvalue weighted by Crippen LogP contribution is -2.46. The van der Waals surface area contributed by atoms with Gasteiger partial charge in [0.1, 0.15) is 5.82 Å². The average Bonchev–Trinajstić information content (AvgIpc) is 2.31. The van der Waals surface area contributed by atoms with Gasteiger partial charge in [0.2, 0.25) is 0 Å². The molecule has 1 unspecified atom stereocenters. The number of aliphatic hydroxyl groups is 1. The molecule has 1 aliphatic heterocycles. The van der Waals surface area contributed by atoms with Crippen LogP contribution in [0.15, 0.2) is 22.7 Å². The second-order valence-electron chi connectivity index (χ2n) is 5.56. The quantitative estimate of drug-likeness (QED) is 0.895. The zero-order chi connectivity index (χ0) is 14.1. The van der Waals surface area contributed by atoms with Crippen molar-refractivity contribution in [2.24, 2.45) is 5.73 Å². The monoisotopic (exact) mass is 331 g/mol. The van der Waals surface area contributed by atoms with Gasteiger partial charge in [-0.3, -0.25) is 0 Å². The van der Waals surface area contributed by atoms with Crippen LogP contribution in [0.1, 0.15) is 31.7 Å². The summed E-state index contributed by atoms with van der Waals surface area (Å²) in [5.74, 6) is -0.344. The fraction of sp³-hybridized carbons (Fsp3) is 0.571. The van der Waals surface area contributed by atoms with Crippen LogP contribution in [0, 0.1) is 5.82 Å². The lowest BCUT2D eigenvalue weighted by atomic mass is 9.78. The number of rotatable bonds is 3. The summed E-state index contributed by atoms with van der Waals surface area (Å²) in [7, 11) is 0. The molecule has 0 aromatic heterocycles. The maximum atomic E-state index is 13.9. The minimum atomic E-state index is -0.917. The molecule has 19 heavy (non-hydrogen) atoms. The first kappa shape index (κ1) is 14.9. The van der Waals surface area contributed by atoms with Crippen molar-refractivity contribution in [3.8, 4) is 0 Å². The first-order chi connectivity index (χ1) is 8.82. The Hall–Kier alpha value is -0.490. The molecule has 0 amide bonds. The van der Waals surface area contributed by atoms with E-state index < -0.39 is 11.1 Å². The zero-order valence-corrected chi connectivity index (χ0v) is 12.5. The van der Waals surface area contributed by atoms with E-state index in [1.54, 1.807) is 19.1 Å². The van der Waals surface area contributed by atoms with E-state index in [2.05, 4.69) is 15.9 Å². The van der Waals surface area contributed by atoms with Crippen molar-refractivity contribution in [2.45, 2.75) is 37.3 Å². The van der Waals surface area contributed by atoms with Crippen LogP contribution in [-0.2, 0) is 10.3 Å². The molecule has 1 aromatic rings. The molecule has 3 nitrogen and oxygen atoms in total. The fourth-order valence-electron chi connectivity index (χ4n) is 2.64. The minimum absolute atomic E-state index is 0.316. The van der Waals surface area contributed by atoms with Crippen LogP contribution < -0.4 is 5.73 Å². The predicted octanol–water partition coefficient (Wildman–Crippen LogP) is 2.69. The fourth-order valence-corrected chi connectivity index (χ4v) is 3.00. The van der Waals surface area contributed by atoms with Crippen LogP contribution in [0.5, 0.6) is 0 Å². The maximum absolute atomic E-state index is 13.9. The molecule has 0 saturated carbocycles. The Morgan fingerprint density at radius 3 is 2.74 bits per heavy atom. The number of nitrogens with two attached hydrogens (primary N) is 1. The van der Waals surface area contributed by atoms with E-state index in [9.17, 15) is 9.50 Å². The van der Waals surface area contributed by atoms with E-state index in [1.165, 1.54) is 6.07 Å². The van der Waals surface area contributed by atoms with Gasteiger partial charge in [-0.2, -0.15) is 0 Å². The van der Waals surface area contributed by atoms with Crippen LogP contribution in [0.4, 0.5) is 4.39 Å². The van der Waals surface area contributed by atoms with Gasteiger partial charge in [0.05, 0.1) is 5.60 Å². The molecule has 0 bridgehead atoms. The number of hydrogen-bond acceptors (Lipinski definition) is 3. The molecule has 106 valence electrons. The SMILES string of the molecule is CC(N)(CC1(O)CCOCC1)c1cc(Br)ccc1F. The standard InChI is InChI=1S/C14H19BrFNO2/c1-13(17,9-14(18)4-6-19-7-5-14)11-8-10(15)2-3-12(11)16/h2-3,8,18H,4-7,9,17H2,1H3. The molecule has 0 radical (unpaired) electrons. The highest BCUT2D eigenvalue weighted by atomic mass is 79.9. The number of ether oxygens (including phenoxy) is 1. The van der Waals surface area contributed by atoms with Gasteiger partial charge < -0.3 is 15.6 Å². The van der Waals surface area contributed by atoms with Gasteiger partial charge in [0.15, 0.2) is 0 Å². The summed E-state index contributed by atoms with van der Waals surface area (Å²) in [5.41, 5.74) is 4.89. The summed E-state index contributed by atoms with van der Waals surface area (Å²) in [4.78, 5) is 0. The van der Waals surface area contributed by atoms with Gasteiger partial charge in [0, 0.05) is 28.8 Å². The van der Waals surface area contributed by atoms with Gasteiger partial charge in [-0.1, -0.05) is 15.9 Å². The largest absolute Gasteiger partial charge is 0.390 e. The first-order valence-corrected chi connectivity index (χ1v) is 7.16. The molecule has 1 saturated heterocycles. The van der Waals surface area contributed by atoms with Gasteiger partial charge in [-0.25, -0.2) is 4.39 Å². The van der Waals surface area contributed by atoms with Crippen molar-refractivity contribution in [3.63, 3.8) is 0 Å². The van der Waals surface area contributed by atoms with Crippen molar-refractivity contribution in [3.05, 3.63) is 34.1 Å². The van der Waals surface area contributed by atoms with Gasteiger partial charge in [0.25, 0.3) is 0 Å². The third kappa shape index (κ3) is 3.54. The summed E-state index contributed by atoms with van der Waals surface area (Å²) in [6.07, 6.45) is 1.39. The van der Waals surface area contributed by atoms with Crippen LogP contribution in [-0.4, -0.2) is 23.9 Å². The second kappa shape index (κ2) is 5.48. The summed E-state index contributed by atoms with van der Waals surface area (Å²) >= 11 is 3.32. The average molecular weight is 332 g/mol. The third-order valence-electron chi connectivity index (χ3n) is 3.66. The molecular formula is C14H19BrFNO2. The maximum Gasteiger partial charge on any atom is 0.128 e. The lowest BCUT2D eigenvalue weighted by molar-refractivity contribution is -0.0785. The van der Waals surface area contributed by atoms with Crippen molar-refractivity contribution >= 4 is 15.9 Å². The Balaban J connectivity index is 2.23. The van der Waals surface area contributed by atoms with Crippen LogP contribution in [0.25, 0.3) is 0 Å². The Morgan fingerprint density at radius 1 is 1.47 bits per heavy atom. The Morgan fingerprint density at radius 2 is 2.11 bits per heavy atom. The summed E-state index contributed by atoms with van der Waals surface area (Å²) in [5, 5.41) is 10.5. The van der Waals surface area contributed by atoms with E-state index >= 15 is 0 Å². The van der Waals surface area contributed by atoms with Gasteiger partial charge in [-0.15, -0.1) is 0 Å². The van der Waals surface area contributed by atoms with E-state index in [1.807, 2.05) is 0 Å². The minimum Gasteiger partial charge on any atom is -0.390 e. The van der Waals surface area contributed by atoms with Crippen molar-refractivity contribution in [1.82, 2.24) is 0 Å². The van der Waals surface area contributed by atoms with Crippen molar-refractivity contribution in [2.75, 3.05) is 13.2 Å². The summed E-state index contributed by atoms with van der Waals surface area (Å²) in [6.45, 7) is 2.80. The van der Waals surface area contributed by atoms with Crippen LogP contribution >= 0.6 is 15.9 Å². The predicted molar refractivity (Wildman–Crippen MR) is 75.3 cm³/mol. The molecule has 1 fully saturated rings. The zero-order valence-electron chi connectivity index (χ0n) is 11.0. The number of halogens is 2. The van der Waals surface area contributed by atoms with E-state index in [-0.39, 0.29) is 5.82 Å². The van der Waals surface area contributed by atoms with Crippen LogP contribution in [0.2, 0.25) is 0 Å². The van der Waals surface area contributed by atoms with Gasteiger partial charge >= 0.3 is 0 Å². The third-order valence-corrected chi connectivity index (χ3v) is 4.16. The Labute approximate surface area is 121 Å². The van der Waals surface area contributed by atoms with Crippen LogP contribution in [0.3, 0.4) is 0 Å². The highest BCUT2D eigenvalue weighted by Crippen LogP contribution is 2.35. The Kier molecular flexibility index (Phi) is 4.30. The number of benzene rings is 1. The molecule has 0 aliphatic carbocycles. The first-order valence-electron chi connectivity index (χ1n) is 6.37. The molecule has 0 spiro atoms. The van der Waals surface area contributed by atoms with E-state index in [0.29, 0.717) is 38.0 Å². The molecule has 1 aliphatic rings. The van der Waals surface area contributed by atoms with Crippen molar-refractivity contribution in [1.29, 1.82) is 0 Å². The molecule has 1 aromatic carbocycles. The van der Waals surface area contributed by atoms with Gasteiger partial charge in [-0.05, 0) is 44.4 Å². The Bertz CT molecular complexity index is 459. The molecular weight excluding hydrogens is 313 g/mol. The smallest absolute Gasteiger partial charge is 0.128 e. The molecule has 3 N–H and O–H groups in total. The molecule has 1 atom stereocenters. The van der Waals surface area contributed by atoms with E-state index in [4.69, 9.17) is 10.5 Å². The van der Waals surface area contributed by atoms with E-state index in [0.717, 1.165) is 4.47 Å². The topological polar surface area (TPSA) is 55.5 Å². The molecule has 5 heteroatoms. The normalized spacial score (nSPS) is 21.9. The molecule has 2 rings (SSSR count). The summed E-state index contributed by atoms with van der Waals surface area (Å²) in [6, 6.07) is 4.70. The molecule has 1 heterocycles.